The molecule has 0 saturated heterocycles. The minimum atomic E-state index is -1.33. The summed E-state index contributed by atoms with van der Waals surface area (Å²) in [5, 5.41) is 5.55. The van der Waals surface area contributed by atoms with Crippen LogP contribution in [0.5, 0.6) is 0 Å². The van der Waals surface area contributed by atoms with Gasteiger partial charge in [0.2, 0.25) is 11.8 Å². The number of rotatable bonds is 11. The molecule has 2 rings (SSSR count). The van der Waals surface area contributed by atoms with Crippen molar-refractivity contribution in [2.45, 2.75) is 98.4 Å². The Morgan fingerprint density at radius 3 is 2.02 bits per heavy atom. The average Bonchev–Trinajstić information content (AvgIpc) is 2.87. The lowest BCUT2D eigenvalue weighted by atomic mass is 9.97. The van der Waals surface area contributed by atoms with Crippen molar-refractivity contribution in [3.63, 3.8) is 0 Å². The minimum absolute atomic E-state index is 0.412. The van der Waals surface area contributed by atoms with Crippen LogP contribution in [0.3, 0.4) is 0 Å². The van der Waals surface area contributed by atoms with Gasteiger partial charge in [-0.2, -0.15) is 0 Å². The number of hydrogen-bond donors (Lipinski definition) is 3. The number of aryl methyl sites for hydroxylation is 3. The zero-order valence-corrected chi connectivity index (χ0v) is 25.0. The molecule has 0 aliphatic carbocycles. The van der Waals surface area contributed by atoms with Gasteiger partial charge in [0, 0.05) is 11.7 Å². The first-order valence-corrected chi connectivity index (χ1v) is 13.7. The second-order valence-electron chi connectivity index (χ2n) is 11.1. The highest BCUT2D eigenvalue weighted by Gasteiger charge is 2.39. The van der Waals surface area contributed by atoms with Crippen molar-refractivity contribution in [2.24, 2.45) is 5.73 Å². The van der Waals surface area contributed by atoms with Gasteiger partial charge in [-0.05, 0) is 76.6 Å². The summed E-state index contributed by atoms with van der Waals surface area (Å²) in [6.07, 6.45) is 0.0147. The minimum Gasteiger partial charge on any atom is -0.444 e. The highest BCUT2D eigenvalue weighted by atomic mass is 16.6. The van der Waals surface area contributed by atoms with Crippen molar-refractivity contribution >= 4 is 29.5 Å². The van der Waals surface area contributed by atoms with Crippen LogP contribution >= 0.6 is 0 Å². The van der Waals surface area contributed by atoms with Gasteiger partial charge in [0.25, 0.3) is 5.91 Å². The van der Waals surface area contributed by atoms with Gasteiger partial charge in [-0.15, -0.1) is 0 Å². The summed E-state index contributed by atoms with van der Waals surface area (Å²) in [6, 6.07) is 10.4. The van der Waals surface area contributed by atoms with Crippen molar-refractivity contribution in [3.05, 3.63) is 64.7 Å². The quantitative estimate of drug-likeness (QED) is 0.363. The van der Waals surface area contributed by atoms with Crippen LogP contribution in [0.15, 0.2) is 42.5 Å². The normalized spacial score (nSPS) is 13.5. The maximum Gasteiger partial charge on any atom is 0.408 e. The predicted molar refractivity (Wildman–Crippen MR) is 157 cm³/mol. The lowest BCUT2D eigenvalue weighted by molar-refractivity contribution is -0.144. The number of primary amides is 1. The molecular formula is C31H44N4O5. The van der Waals surface area contributed by atoms with Gasteiger partial charge in [-0.1, -0.05) is 56.3 Å². The first-order chi connectivity index (χ1) is 18.7. The molecule has 2 aromatic carbocycles. The molecule has 3 atom stereocenters. The summed E-state index contributed by atoms with van der Waals surface area (Å²) in [7, 11) is 0. The first-order valence-electron chi connectivity index (χ1n) is 13.7. The number of alkyl carbamates (subject to hydrolysis) is 1. The summed E-state index contributed by atoms with van der Waals surface area (Å²) < 4.78 is 5.34. The Morgan fingerprint density at radius 1 is 0.975 bits per heavy atom. The number of anilines is 1. The van der Waals surface area contributed by atoms with Gasteiger partial charge in [-0.25, -0.2) is 4.79 Å². The van der Waals surface area contributed by atoms with Crippen molar-refractivity contribution in [3.8, 4) is 0 Å². The third kappa shape index (κ3) is 8.83. The highest BCUT2D eigenvalue weighted by molar-refractivity contribution is 6.00. The molecule has 0 aliphatic rings. The molecule has 9 heteroatoms. The number of hydrogen-bond acceptors (Lipinski definition) is 5. The summed E-state index contributed by atoms with van der Waals surface area (Å²) in [4.78, 5) is 54.3. The Labute approximate surface area is 237 Å². The summed E-state index contributed by atoms with van der Waals surface area (Å²) >= 11 is 0. The smallest absolute Gasteiger partial charge is 0.408 e. The zero-order valence-electron chi connectivity index (χ0n) is 25.0. The Bertz CT molecular complexity index is 1180. The van der Waals surface area contributed by atoms with Crippen LogP contribution < -0.4 is 16.4 Å². The molecule has 2 aromatic rings. The molecule has 0 aliphatic heterocycles. The molecule has 0 spiro atoms. The molecule has 0 bridgehead atoms. The molecule has 0 heterocycles. The third-order valence-electron chi connectivity index (χ3n) is 6.67. The molecule has 40 heavy (non-hydrogen) atoms. The van der Waals surface area contributed by atoms with E-state index in [-0.39, 0.29) is 0 Å². The van der Waals surface area contributed by atoms with Crippen LogP contribution in [0.4, 0.5) is 10.5 Å². The van der Waals surface area contributed by atoms with Gasteiger partial charge in [-0.3, -0.25) is 14.4 Å². The Balaban J connectivity index is 2.62. The predicted octanol–water partition coefficient (Wildman–Crippen LogP) is 4.94. The van der Waals surface area contributed by atoms with E-state index in [4.69, 9.17) is 10.5 Å². The standard InChI is InChI=1S/C31H44N4O5/c1-9-21(5)35(29(38)24(18-25(32)36)33-30(39)40-31(6,7)8)27(23-16-14-22(10-2)15-17-23)28(37)34-26-19(3)12-11-13-20(26)4/h11-17,21,24,27H,9-10,18H2,1-8H3,(H2,32,36)(H,33,39)(H,34,37). The number of ether oxygens (including phenoxy) is 1. The van der Waals surface area contributed by atoms with Crippen molar-refractivity contribution < 1.29 is 23.9 Å². The average molecular weight is 553 g/mol. The van der Waals surface area contributed by atoms with E-state index in [2.05, 4.69) is 10.6 Å². The molecule has 3 unspecified atom stereocenters. The molecule has 0 saturated carbocycles. The monoisotopic (exact) mass is 552 g/mol. The maximum atomic E-state index is 14.2. The number of carbonyl (C=O) groups excluding carboxylic acids is 4. The van der Waals surface area contributed by atoms with Crippen LogP contribution in [-0.4, -0.2) is 46.4 Å². The maximum absolute atomic E-state index is 14.2. The van der Waals surface area contributed by atoms with E-state index in [1.807, 2.05) is 77.1 Å². The fraction of sp³-hybridized carbons (Fsp3) is 0.484. The first kappa shape index (κ1) is 32.3. The second-order valence-corrected chi connectivity index (χ2v) is 11.1. The van der Waals surface area contributed by atoms with Crippen LogP contribution in [0.25, 0.3) is 0 Å². The molecule has 0 radical (unpaired) electrons. The number of nitrogens with zero attached hydrogens (tertiary/aromatic N) is 1. The topological polar surface area (TPSA) is 131 Å². The van der Waals surface area contributed by atoms with E-state index in [1.165, 1.54) is 4.90 Å². The Kier molecular flexibility index (Phi) is 11.3. The van der Waals surface area contributed by atoms with E-state index < -0.39 is 54.0 Å². The summed E-state index contributed by atoms with van der Waals surface area (Å²) in [6.45, 7) is 14.6. The summed E-state index contributed by atoms with van der Waals surface area (Å²) in [5.41, 5.74) is 8.77. The van der Waals surface area contributed by atoms with Crippen molar-refractivity contribution in [1.29, 1.82) is 0 Å². The van der Waals surface area contributed by atoms with Gasteiger partial charge < -0.3 is 26.0 Å². The molecule has 4 amide bonds. The van der Waals surface area contributed by atoms with Gasteiger partial charge >= 0.3 is 6.09 Å². The molecule has 4 N–H and O–H groups in total. The zero-order chi connectivity index (χ0) is 30.2. The number of nitrogens with one attached hydrogen (secondary N) is 2. The Hall–Kier alpha value is -3.88. The number of benzene rings is 2. The van der Waals surface area contributed by atoms with E-state index in [1.54, 1.807) is 20.8 Å². The molecular weight excluding hydrogens is 508 g/mol. The van der Waals surface area contributed by atoms with Crippen molar-refractivity contribution in [2.75, 3.05) is 5.32 Å². The van der Waals surface area contributed by atoms with Gasteiger partial charge in [0.1, 0.15) is 17.7 Å². The van der Waals surface area contributed by atoms with Gasteiger partial charge in [0.05, 0.1) is 6.42 Å². The van der Waals surface area contributed by atoms with E-state index in [0.29, 0.717) is 17.7 Å². The van der Waals surface area contributed by atoms with Crippen LogP contribution in [-0.2, 0) is 25.5 Å². The molecule has 0 aromatic heterocycles. The fourth-order valence-corrected chi connectivity index (χ4v) is 4.40. The molecule has 0 fully saturated rings. The van der Waals surface area contributed by atoms with Crippen molar-refractivity contribution in [1.82, 2.24) is 10.2 Å². The summed E-state index contributed by atoms with van der Waals surface area (Å²) in [5.74, 6) is -1.80. The highest BCUT2D eigenvalue weighted by Crippen LogP contribution is 2.30. The molecule has 9 nitrogen and oxygen atoms in total. The van der Waals surface area contributed by atoms with Gasteiger partial charge in [0.15, 0.2) is 0 Å². The number of nitrogens with two attached hydrogens (primary N) is 1. The fourth-order valence-electron chi connectivity index (χ4n) is 4.40. The third-order valence-corrected chi connectivity index (χ3v) is 6.67. The van der Waals surface area contributed by atoms with Crippen LogP contribution in [0.1, 0.15) is 82.7 Å². The van der Waals surface area contributed by atoms with E-state index >= 15 is 0 Å². The van der Waals surface area contributed by atoms with E-state index in [0.717, 1.165) is 23.1 Å². The molecule has 218 valence electrons. The Morgan fingerprint density at radius 2 is 1.55 bits per heavy atom. The number of amides is 4. The number of para-hydroxylation sites is 1. The van der Waals surface area contributed by atoms with Crippen LogP contribution in [0, 0.1) is 13.8 Å². The lowest BCUT2D eigenvalue weighted by Gasteiger charge is -2.38. The SMILES string of the molecule is CCc1ccc(C(C(=O)Nc2c(C)cccc2C)N(C(=O)C(CC(N)=O)NC(=O)OC(C)(C)C)C(C)CC)cc1. The lowest BCUT2D eigenvalue weighted by Crippen LogP contribution is -2.55. The second kappa shape index (κ2) is 14.0. The number of carbonyl (C=O) groups is 4. The largest absolute Gasteiger partial charge is 0.444 e. The van der Waals surface area contributed by atoms with E-state index in [9.17, 15) is 19.2 Å². The van der Waals surface area contributed by atoms with Crippen LogP contribution in [0.2, 0.25) is 0 Å².